The van der Waals surface area contributed by atoms with Crippen molar-refractivity contribution in [3.63, 3.8) is 0 Å². The van der Waals surface area contributed by atoms with Crippen LogP contribution in [0.4, 0.5) is 5.69 Å². The molecule has 0 atom stereocenters. The van der Waals surface area contributed by atoms with Crippen LogP contribution in [0.2, 0.25) is 0 Å². The largest absolute Gasteiger partial charge is 0.340 e. The van der Waals surface area contributed by atoms with Crippen LogP contribution in [0.25, 0.3) is 0 Å². The lowest BCUT2D eigenvalue weighted by Crippen LogP contribution is -2.49. The van der Waals surface area contributed by atoms with E-state index in [1.165, 1.54) is 0 Å². The first-order chi connectivity index (χ1) is 10.5. The maximum absolute atomic E-state index is 12.2. The summed E-state index contributed by atoms with van der Waals surface area (Å²) in [4.78, 5) is 28.3. The van der Waals surface area contributed by atoms with E-state index in [1.807, 2.05) is 32.0 Å². The second kappa shape index (κ2) is 7.40. The maximum Gasteiger partial charge on any atom is 0.233 e. The van der Waals surface area contributed by atoms with Crippen molar-refractivity contribution in [1.29, 1.82) is 0 Å². The number of likely N-dealkylation sites (N-methyl/N-ethyl adjacent to an activating group) is 1. The Hall–Kier alpha value is -1.88. The summed E-state index contributed by atoms with van der Waals surface area (Å²) in [6.07, 6.45) is -0.0839. The molecule has 0 aliphatic carbocycles. The molecule has 1 aliphatic heterocycles. The topological polar surface area (TPSA) is 52.7 Å². The third kappa shape index (κ3) is 4.31. The van der Waals surface area contributed by atoms with Crippen LogP contribution in [0.15, 0.2) is 18.2 Å². The van der Waals surface area contributed by atoms with E-state index in [9.17, 15) is 9.59 Å². The molecule has 0 unspecified atom stereocenters. The molecule has 5 heteroatoms. The summed E-state index contributed by atoms with van der Waals surface area (Å²) in [5.41, 5.74) is 2.94. The van der Waals surface area contributed by atoms with Gasteiger partial charge in [0.25, 0.3) is 0 Å². The monoisotopic (exact) mass is 303 g/mol. The molecule has 120 valence electrons. The van der Waals surface area contributed by atoms with Crippen molar-refractivity contribution in [2.75, 3.05) is 38.0 Å². The molecule has 2 amide bonds. The van der Waals surface area contributed by atoms with Gasteiger partial charge in [0, 0.05) is 31.9 Å². The van der Waals surface area contributed by atoms with Crippen molar-refractivity contribution in [3.05, 3.63) is 29.3 Å². The lowest BCUT2D eigenvalue weighted by Gasteiger charge is -2.34. The highest BCUT2D eigenvalue weighted by Gasteiger charge is 2.22. The number of nitrogens with one attached hydrogen (secondary N) is 1. The van der Waals surface area contributed by atoms with Crippen molar-refractivity contribution in [2.45, 2.75) is 27.2 Å². The number of hydrogen-bond acceptors (Lipinski definition) is 3. The van der Waals surface area contributed by atoms with Crippen LogP contribution in [-0.4, -0.2) is 54.3 Å². The van der Waals surface area contributed by atoms with Crippen LogP contribution >= 0.6 is 0 Å². The van der Waals surface area contributed by atoms with Crippen LogP contribution in [0, 0.1) is 13.8 Å². The molecule has 0 saturated carbocycles. The zero-order valence-electron chi connectivity index (χ0n) is 13.7. The zero-order valence-corrected chi connectivity index (χ0v) is 13.7. The molecule has 5 nitrogen and oxygen atoms in total. The number of amides is 2. The van der Waals surface area contributed by atoms with Gasteiger partial charge in [-0.15, -0.1) is 0 Å². The van der Waals surface area contributed by atoms with Gasteiger partial charge in [0.05, 0.1) is 0 Å². The minimum Gasteiger partial charge on any atom is -0.340 e. The zero-order chi connectivity index (χ0) is 16.1. The highest BCUT2D eigenvalue weighted by molar-refractivity contribution is 6.03. The first-order valence-corrected chi connectivity index (χ1v) is 7.87. The molecular formula is C17H25N3O2. The van der Waals surface area contributed by atoms with E-state index in [2.05, 4.69) is 17.1 Å². The standard InChI is InChI=1S/C17H25N3O2/c1-4-19-7-9-20(10-8-19)17(22)12-16(21)18-15-6-5-13(2)11-14(15)3/h5-6,11H,4,7-10,12H2,1-3H3,(H,18,21). The van der Waals surface area contributed by atoms with Crippen LogP contribution < -0.4 is 5.32 Å². The summed E-state index contributed by atoms with van der Waals surface area (Å²) < 4.78 is 0. The minimum atomic E-state index is -0.241. The van der Waals surface area contributed by atoms with Crippen molar-refractivity contribution in [3.8, 4) is 0 Å². The Labute approximate surface area is 132 Å². The number of anilines is 1. The third-order valence-corrected chi connectivity index (χ3v) is 4.14. The van der Waals surface area contributed by atoms with E-state index in [4.69, 9.17) is 0 Å². The van der Waals surface area contributed by atoms with Crippen molar-refractivity contribution in [2.24, 2.45) is 0 Å². The third-order valence-electron chi connectivity index (χ3n) is 4.14. The van der Waals surface area contributed by atoms with Gasteiger partial charge in [-0.05, 0) is 32.0 Å². The molecule has 1 aromatic carbocycles. The van der Waals surface area contributed by atoms with Crippen molar-refractivity contribution < 1.29 is 9.59 Å². The quantitative estimate of drug-likeness (QED) is 0.863. The molecule has 0 bridgehead atoms. The van der Waals surface area contributed by atoms with Gasteiger partial charge in [0.15, 0.2) is 0 Å². The Bertz CT molecular complexity index is 549. The summed E-state index contributed by atoms with van der Waals surface area (Å²) in [5, 5.41) is 2.83. The number of carbonyl (C=O) groups excluding carboxylic acids is 2. The van der Waals surface area contributed by atoms with Gasteiger partial charge in [-0.3, -0.25) is 9.59 Å². The molecule has 1 aromatic rings. The second-order valence-corrected chi connectivity index (χ2v) is 5.86. The fourth-order valence-corrected chi connectivity index (χ4v) is 2.71. The molecule has 2 rings (SSSR count). The number of nitrogens with zero attached hydrogens (tertiary/aromatic N) is 2. The number of piperazine rings is 1. The Kier molecular flexibility index (Phi) is 5.55. The van der Waals surface area contributed by atoms with Crippen LogP contribution in [0.3, 0.4) is 0 Å². The number of benzene rings is 1. The number of carbonyl (C=O) groups is 2. The Morgan fingerprint density at radius 2 is 1.82 bits per heavy atom. The smallest absolute Gasteiger partial charge is 0.233 e. The number of aryl methyl sites for hydroxylation is 2. The normalized spacial score (nSPS) is 15.7. The molecule has 0 aromatic heterocycles. The molecule has 1 saturated heterocycles. The Balaban J connectivity index is 1.85. The lowest BCUT2D eigenvalue weighted by molar-refractivity contribution is -0.136. The molecule has 1 fully saturated rings. The summed E-state index contributed by atoms with van der Waals surface area (Å²) >= 11 is 0. The van der Waals surface area contributed by atoms with E-state index in [0.717, 1.165) is 36.4 Å². The van der Waals surface area contributed by atoms with Gasteiger partial charge in [-0.1, -0.05) is 24.6 Å². The Morgan fingerprint density at radius 3 is 2.41 bits per heavy atom. The van der Waals surface area contributed by atoms with Gasteiger partial charge in [0.1, 0.15) is 6.42 Å². The highest BCUT2D eigenvalue weighted by Crippen LogP contribution is 2.16. The molecule has 1 N–H and O–H groups in total. The number of rotatable bonds is 4. The first-order valence-electron chi connectivity index (χ1n) is 7.87. The fourth-order valence-electron chi connectivity index (χ4n) is 2.71. The van der Waals surface area contributed by atoms with Crippen LogP contribution in [0.5, 0.6) is 0 Å². The van der Waals surface area contributed by atoms with Gasteiger partial charge in [-0.2, -0.15) is 0 Å². The van der Waals surface area contributed by atoms with E-state index < -0.39 is 0 Å². The SMILES string of the molecule is CCN1CCN(C(=O)CC(=O)Nc2ccc(C)cc2C)CC1. The molecular weight excluding hydrogens is 278 g/mol. The van der Waals surface area contributed by atoms with E-state index in [0.29, 0.717) is 13.1 Å². The molecule has 0 radical (unpaired) electrons. The van der Waals surface area contributed by atoms with Crippen molar-refractivity contribution >= 4 is 17.5 Å². The van der Waals surface area contributed by atoms with E-state index >= 15 is 0 Å². The average Bonchev–Trinajstić information content (AvgIpc) is 2.50. The molecule has 1 aliphatic rings. The minimum absolute atomic E-state index is 0.0839. The highest BCUT2D eigenvalue weighted by atomic mass is 16.2. The lowest BCUT2D eigenvalue weighted by atomic mass is 10.1. The predicted molar refractivity (Wildman–Crippen MR) is 87.9 cm³/mol. The summed E-state index contributed by atoms with van der Waals surface area (Å²) in [7, 11) is 0. The number of hydrogen-bond donors (Lipinski definition) is 1. The van der Waals surface area contributed by atoms with E-state index in [-0.39, 0.29) is 18.2 Å². The second-order valence-electron chi connectivity index (χ2n) is 5.86. The predicted octanol–water partition coefficient (Wildman–Crippen LogP) is 1.80. The molecule has 22 heavy (non-hydrogen) atoms. The summed E-state index contributed by atoms with van der Waals surface area (Å²) in [5.74, 6) is -0.326. The van der Waals surface area contributed by atoms with Crippen molar-refractivity contribution in [1.82, 2.24) is 9.80 Å². The van der Waals surface area contributed by atoms with E-state index in [1.54, 1.807) is 4.90 Å². The maximum atomic E-state index is 12.2. The molecule has 0 spiro atoms. The van der Waals surface area contributed by atoms with Gasteiger partial charge in [0.2, 0.25) is 11.8 Å². The van der Waals surface area contributed by atoms with Crippen LogP contribution in [0.1, 0.15) is 24.5 Å². The molecule has 1 heterocycles. The van der Waals surface area contributed by atoms with Gasteiger partial charge >= 0.3 is 0 Å². The first kappa shape index (κ1) is 16.5. The average molecular weight is 303 g/mol. The Morgan fingerprint density at radius 1 is 1.14 bits per heavy atom. The van der Waals surface area contributed by atoms with Crippen LogP contribution in [-0.2, 0) is 9.59 Å². The fraction of sp³-hybridized carbons (Fsp3) is 0.529. The van der Waals surface area contributed by atoms with Gasteiger partial charge in [-0.25, -0.2) is 0 Å². The van der Waals surface area contributed by atoms with Gasteiger partial charge < -0.3 is 15.1 Å². The summed E-state index contributed by atoms with van der Waals surface area (Å²) in [6, 6.07) is 5.85. The summed E-state index contributed by atoms with van der Waals surface area (Å²) in [6.45, 7) is 10.3.